The van der Waals surface area contributed by atoms with E-state index in [2.05, 4.69) is 35.9 Å². The molecule has 3 N–H and O–H groups in total. The molecule has 1 unspecified atom stereocenters. The molecule has 5 heteroatoms. The molecule has 5 nitrogen and oxygen atoms in total. The van der Waals surface area contributed by atoms with Crippen molar-refractivity contribution in [3.63, 3.8) is 0 Å². The second-order valence-corrected chi connectivity index (χ2v) is 6.03. The highest BCUT2D eigenvalue weighted by Crippen LogP contribution is 2.15. The number of carbonyl (C=O) groups excluding carboxylic acids is 1. The van der Waals surface area contributed by atoms with Crippen LogP contribution in [0.3, 0.4) is 0 Å². The van der Waals surface area contributed by atoms with Gasteiger partial charge < -0.3 is 16.0 Å². The molecule has 1 amide bonds. The lowest BCUT2D eigenvalue weighted by atomic mass is 10.0. The highest BCUT2D eigenvalue weighted by atomic mass is 16.1. The number of nitrogens with zero attached hydrogens (tertiary/aromatic N) is 2. The number of amides is 1. The van der Waals surface area contributed by atoms with E-state index in [9.17, 15) is 4.79 Å². The van der Waals surface area contributed by atoms with Gasteiger partial charge in [-0.1, -0.05) is 0 Å². The van der Waals surface area contributed by atoms with Gasteiger partial charge in [0.05, 0.1) is 6.04 Å². The largest absolute Gasteiger partial charge is 0.368 e. The zero-order valence-corrected chi connectivity index (χ0v) is 12.2. The van der Waals surface area contributed by atoms with Gasteiger partial charge in [0.1, 0.15) is 0 Å². The van der Waals surface area contributed by atoms with Crippen LogP contribution in [0.25, 0.3) is 0 Å². The van der Waals surface area contributed by atoms with Gasteiger partial charge in [0, 0.05) is 38.3 Å². The summed E-state index contributed by atoms with van der Waals surface area (Å²) in [6.45, 7) is 12.1. The molecule has 0 bridgehead atoms. The molecular formula is C13H28N4O. The molecule has 0 aromatic rings. The van der Waals surface area contributed by atoms with Crippen molar-refractivity contribution < 1.29 is 4.79 Å². The molecule has 0 spiro atoms. The smallest absolute Gasteiger partial charge is 0.234 e. The van der Waals surface area contributed by atoms with Crippen LogP contribution in [0, 0.1) is 0 Å². The fourth-order valence-electron chi connectivity index (χ4n) is 2.38. The van der Waals surface area contributed by atoms with E-state index in [1.165, 1.54) is 0 Å². The first-order chi connectivity index (χ1) is 8.34. The van der Waals surface area contributed by atoms with Gasteiger partial charge in [-0.2, -0.15) is 0 Å². The van der Waals surface area contributed by atoms with Gasteiger partial charge in [-0.15, -0.1) is 0 Å². The summed E-state index contributed by atoms with van der Waals surface area (Å²) in [7, 11) is 1.78. The molecule has 0 aliphatic carbocycles. The first-order valence-corrected chi connectivity index (χ1v) is 6.78. The molecule has 0 saturated carbocycles. The van der Waals surface area contributed by atoms with Gasteiger partial charge in [-0.25, -0.2) is 0 Å². The summed E-state index contributed by atoms with van der Waals surface area (Å²) < 4.78 is 0. The maximum Gasteiger partial charge on any atom is 0.234 e. The van der Waals surface area contributed by atoms with Crippen LogP contribution in [0.2, 0.25) is 0 Å². The second-order valence-electron chi connectivity index (χ2n) is 6.03. The number of piperazine rings is 1. The Balaban J connectivity index is 2.30. The molecule has 0 radical (unpaired) electrons. The van der Waals surface area contributed by atoms with Crippen molar-refractivity contribution in [2.24, 2.45) is 5.73 Å². The van der Waals surface area contributed by atoms with Gasteiger partial charge in [-0.05, 0) is 34.2 Å². The van der Waals surface area contributed by atoms with E-state index < -0.39 is 0 Å². The first kappa shape index (κ1) is 15.4. The van der Waals surface area contributed by atoms with Crippen molar-refractivity contribution in [1.29, 1.82) is 0 Å². The minimum atomic E-state index is -0.258. The Bertz CT molecular complexity index is 267. The van der Waals surface area contributed by atoms with E-state index in [1.807, 2.05) is 0 Å². The minimum Gasteiger partial charge on any atom is -0.368 e. The topological polar surface area (TPSA) is 61.6 Å². The summed E-state index contributed by atoms with van der Waals surface area (Å²) in [5.74, 6) is -0.258. The lowest BCUT2D eigenvalue weighted by Crippen LogP contribution is -2.54. The Morgan fingerprint density at radius 2 is 1.83 bits per heavy atom. The predicted octanol–water partition coefficient (Wildman–Crippen LogP) is -0.134. The lowest BCUT2D eigenvalue weighted by Gasteiger charge is -2.42. The van der Waals surface area contributed by atoms with Gasteiger partial charge in [0.15, 0.2) is 0 Å². The average molecular weight is 256 g/mol. The molecule has 1 fully saturated rings. The standard InChI is InChI=1S/C13H28N4O/c1-13(2,3)17-9-7-16(8-10-17)6-5-11(15-4)12(14)18/h11,15H,5-10H2,1-4H3,(H2,14,18). The molecule has 1 heterocycles. The van der Waals surface area contributed by atoms with Gasteiger partial charge in [0.2, 0.25) is 5.91 Å². The van der Waals surface area contributed by atoms with Crippen molar-refractivity contribution >= 4 is 5.91 Å². The van der Waals surface area contributed by atoms with E-state index in [0.717, 1.165) is 39.1 Å². The minimum absolute atomic E-state index is 0.203. The van der Waals surface area contributed by atoms with Crippen molar-refractivity contribution in [3.05, 3.63) is 0 Å². The third kappa shape index (κ3) is 4.55. The van der Waals surface area contributed by atoms with Crippen LogP contribution in [0.15, 0.2) is 0 Å². The van der Waals surface area contributed by atoms with E-state index in [-0.39, 0.29) is 17.5 Å². The van der Waals surface area contributed by atoms with Crippen LogP contribution < -0.4 is 11.1 Å². The highest BCUT2D eigenvalue weighted by Gasteiger charge is 2.26. The van der Waals surface area contributed by atoms with Crippen LogP contribution in [-0.4, -0.2) is 67.1 Å². The van der Waals surface area contributed by atoms with Crippen LogP contribution in [0.4, 0.5) is 0 Å². The van der Waals surface area contributed by atoms with Gasteiger partial charge in [0.25, 0.3) is 0 Å². The van der Waals surface area contributed by atoms with Crippen molar-refractivity contribution in [2.75, 3.05) is 39.8 Å². The Hall–Kier alpha value is -0.650. The van der Waals surface area contributed by atoms with Crippen LogP contribution in [0.1, 0.15) is 27.2 Å². The molecular weight excluding hydrogens is 228 g/mol. The Kier molecular flexibility index (Phi) is 5.56. The molecule has 0 aromatic carbocycles. The fourth-order valence-corrected chi connectivity index (χ4v) is 2.38. The summed E-state index contributed by atoms with van der Waals surface area (Å²) in [6, 6.07) is -0.203. The van der Waals surface area contributed by atoms with Crippen molar-refractivity contribution in [1.82, 2.24) is 15.1 Å². The second kappa shape index (κ2) is 6.50. The quantitative estimate of drug-likeness (QED) is 0.719. The van der Waals surface area contributed by atoms with Gasteiger partial charge >= 0.3 is 0 Å². The summed E-state index contributed by atoms with van der Waals surface area (Å²) in [5.41, 5.74) is 5.57. The number of primary amides is 1. The van der Waals surface area contributed by atoms with Crippen LogP contribution >= 0.6 is 0 Å². The number of hydrogen-bond acceptors (Lipinski definition) is 4. The van der Waals surface area contributed by atoms with Crippen molar-refractivity contribution in [2.45, 2.75) is 38.8 Å². The maximum atomic E-state index is 11.1. The molecule has 1 aliphatic rings. The zero-order valence-electron chi connectivity index (χ0n) is 12.2. The number of nitrogens with one attached hydrogen (secondary N) is 1. The lowest BCUT2D eigenvalue weighted by molar-refractivity contribution is -0.120. The van der Waals surface area contributed by atoms with Gasteiger partial charge in [-0.3, -0.25) is 9.69 Å². The molecule has 0 aromatic heterocycles. The van der Waals surface area contributed by atoms with E-state index in [4.69, 9.17) is 5.73 Å². The summed E-state index contributed by atoms with van der Waals surface area (Å²) in [6.07, 6.45) is 0.793. The Morgan fingerprint density at radius 3 is 2.22 bits per heavy atom. The molecule has 18 heavy (non-hydrogen) atoms. The summed E-state index contributed by atoms with van der Waals surface area (Å²) in [4.78, 5) is 16.0. The molecule has 1 aliphatic heterocycles. The first-order valence-electron chi connectivity index (χ1n) is 6.78. The predicted molar refractivity (Wildman–Crippen MR) is 74.4 cm³/mol. The van der Waals surface area contributed by atoms with E-state index >= 15 is 0 Å². The average Bonchev–Trinajstić information content (AvgIpc) is 2.29. The number of rotatable bonds is 5. The number of likely N-dealkylation sites (N-methyl/N-ethyl adjacent to an activating group) is 1. The monoisotopic (exact) mass is 256 g/mol. The normalized spacial score (nSPS) is 20.9. The number of nitrogens with two attached hydrogens (primary N) is 1. The van der Waals surface area contributed by atoms with E-state index in [1.54, 1.807) is 7.05 Å². The fraction of sp³-hybridized carbons (Fsp3) is 0.923. The van der Waals surface area contributed by atoms with Crippen LogP contribution in [0.5, 0.6) is 0 Å². The summed E-state index contributed by atoms with van der Waals surface area (Å²) in [5, 5.41) is 2.96. The van der Waals surface area contributed by atoms with Crippen LogP contribution in [-0.2, 0) is 4.79 Å². The zero-order chi connectivity index (χ0) is 13.8. The number of hydrogen-bond donors (Lipinski definition) is 2. The summed E-state index contributed by atoms with van der Waals surface area (Å²) >= 11 is 0. The number of carbonyl (C=O) groups is 1. The maximum absolute atomic E-state index is 11.1. The SMILES string of the molecule is CNC(CCN1CCN(C(C)(C)C)CC1)C(N)=O. The highest BCUT2D eigenvalue weighted by molar-refractivity contribution is 5.79. The Labute approximate surface area is 111 Å². The van der Waals surface area contributed by atoms with E-state index in [0.29, 0.717) is 0 Å². The molecule has 1 rings (SSSR count). The third-order valence-corrected chi connectivity index (χ3v) is 3.75. The molecule has 1 atom stereocenters. The molecule has 106 valence electrons. The van der Waals surface area contributed by atoms with Crippen molar-refractivity contribution in [3.8, 4) is 0 Å². The Morgan fingerprint density at radius 1 is 1.28 bits per heavy atom. The molecule has 1 saturated heterocycles. The third-order valence-electron chi connectivity index (χ3n) is 3.75.